The quantitative estimate of drug-likeness (QED) is 0.791. The Kier molecular flexibility index (Phi) is 5.40. The Morgan fingerprint density at radius 1 is 1.08 bits per heavy atom. The topological polar surface area (TPSA) is 57.8 Å². The molecule has 1 heterocycles. The normalized spacial score (nSPS) is 12.3. The summed E-state index contributed by atoms with van der Waals surface area (Å²) in [6.45, 7) is 14.8. The molecular weight excluding hydrogens is 310 g/mol. The van der Waals surface area contributed by atoms with Crippen LogP contribution in [0.2, 0.25) is 0 Å². The van der Waals surface area contributed by atoms with Gasteiger partial charge in [-0.25, -0.2) is 0 Å². The third-order valence-corrected chi connectivity index (χ3v) is 4.17. The molecule has 136 valence electrons. The number of benzene rings is 1. The molecule has 0 unspecified atom stereocenters. The van der Waals surface area contributed by atoms with Gasteiger partial charge < -0.3 is 5.32 Å². The van der Waals surface area contributed by atoms with Crippen LogP contribution in [0.15, 0.2) is 24.3 Å². The molecule has 1 amide bonds. The first-order valence-corrected chi connectivity index (χ1v) is 8.99. The summed E-state index contributed by atoms with van der Waals surface area (Å²) < 4.78 is 0. The van der Waals surface area contributed by atoms with Crippen molar-refractivity contribution in [3.8, 4) is 11.3 Å². The lowest BCUT2D eigenvalue weighted by molar-refractivity contribution is -0.117. The zero-order valence-electron chi connectivity index (χ0n) is 16.6. The number of aryl methyl sites for hydroxylation is 1. The van der Waals surface area contributed by atoms with Crippen LogP contribution >= 0.6 is 0 Å². The number of H-pyrrole nitrogens is 1. The molecule has 0 bridgehead atoms. The van der Waals surface area contributed by atoms with E-state index in [0.29, 0.717) is 6.42 Å². The van der Waals surface area contributed by atoms with Crippen LogP contribution in [0.3, 0.4) is 0 Å². The van der Waals surface area contributed by atoms with E-state index in [4.69, 9.17) is 0 Å². The first-order valence-electron chi connectivity index (χ1n) is 8.99. The number of rotatable bonds is 4. The number of anilines is 1. The van der Waals surface area contributed by atoms with Crippen LogP contribution in [0, 0.1) is 5.41 Å². The summed E-state index contributed by atoms with van der Waals surface area (Å²) in [5, 5.41) is 10.6. The number of aromatic nitrogens is 2. The van der Waals surface area contributed by atoms with E-state index in [9.17, 15) is 4.79 Å². The maximum absolute atomic E-state index is 12.4. The van der Waals surface area contributed by atoms with Gasteiger partial charge in [-0.15, -0.1) is 0 Å². The number of hydrogen-bond donors (Lipinski definition) is 2. The highest BCUT2D eigenvalue weighted by Gasteiger charge is 2.21. The summed E-state index contributed by atoms with van der Waals surface area (Å²) in [5.41, 5.74) is 4.92. The van der Waals surface area contributed by atoms with Crippen LogP contribution in [0.1, 0.15) is 66.1 Å². The van der Waals surface area contributed by atoms with Gasteiger partial charge in [0.05, 0.1) is 11.4 Å². The van der Waals surface area contributed by atoms with Gasteiger partial charge in [0.1, 0.15) is 5.69 Å². The molecule has 4 nitrogen and oxygen atoms in total. The van der Waals surface area contributed by atoms with Crippen molar-refractivity contribution < 1.29 is 4.79 Å². The molecule has 0 spiro atoms. The third-order valence-electron chi connectivity index (χ3n) is 4.17. The Morgan fingerprint density at radius 3 is 2.16 bits per heavy atom. The fourth-order valence-electron chi connectivity index (χ4n) is 2.77. The second-order valence-electron chi connectivity index (χ2n) is 8.89. The van der Waals surface area contributed by atoms with E-state index in [2.05, 4.69) is 88.2 Å². The van der Waals surface area contributed by atoms with Gasteiger partial charge in [0.25, 0.3) is 0 Å². The van der Waals surface area contributed by atoms with Crippen LogP contribution in [0.4, 0.5) is 5.69 Å². The lowest BCUT2D eigenvalue weighted by Gasteiger charge is -2.19. The van der Waals surface area contributed by atoms with Crippen LogP contribution in [0.5, 0.6) is 0 Å². The minimum absolute atomic E-state index is 0.0242. The predicted octanol–water partition coefficient (Wildman–Crippen LogP) is 5.31. The predicted molar refractivity (Wildman–Crippen MR) is 105 cm³/mol. The average molecular weight is 341 g/mol. The number of nitrogens with one attached hydrogen (secondary N) is 2. The summed E-state index contributed by atoms with van der Waals surface area (Å²) in [7, 11) is 0. The summed E-state index contributed by atoms with van der Waals surface area (Å²) in [6, 6.07) is 8.43. The van der Waals surface area contributed by atoms with Crippen molar-refractivity contribution in [1.82, 2.24) is 10.2 Å². The smallest absolute Gasteiger partial charge is 0.225 e. The van der Waals surface area contributed by atoms with E-state index in [1.54, 1.807) is 0 Å². The van der Waals surface area contributed by atoms with Gasteiger partial charge in [0, 0.05) is 12.0 Å². The molecule has 0 aliphatic rings. The summed E-state index contributed by atoms with van der Waals surface area (Å²) in [6.07, 6.45) is 1.27. The fraction of sp³-hybridized carbons (Fsp3) is 0.524. The van der Waals surface area contributed by atoms with E-state index in [0.717, 1.165) is 29.1 Å². The SMILES string of the molecule is CCc1[nH]nc(-c2ccc(C(C)(C)C)cc2)c1NC(=O)CC(C)(C)C. The number of nitrogens with zero attached hydrogens (tertiary/aromatic N) is 1. The summed E-state index contributed by atoms with van der Waals surface area (Å²) in [4.78, 5) is 12.4. The van der Waals surface area contributed by atoms with Gasteiger partial charge >= 0.3 is 0 Å². The Balaban J connectivity index is 2.33. The standard InChI is InChI=1S/C21H31N3O/c1-8-16-19(22-17(25)13-20(2,3)4)18(24-23-16)14-9-11-15(12-10-14)21(5,6)7/h9-12H,8,13H2,1-7H3,(H,22,25)(H,23,24). The fourth-order valence-corrected chi connectivity index (χ4v) is 2.77. The van der Waals surface area contributed by atoms with Crippen LogP contribution in [-0.2, 0) is 16.6 Å². The van der Waals surface area contributed by atoms with Gasteiger partial charge in [-0.05, 0) is 22.8 Å². The average Bonchev–Trinajstić information content (AvgIpc) is 2.87. The van der Waals surface area contributed by atoms with Crippen molar-refractivity contribution >= 4 is 11.6 Å². The van der Waals surface area contributed by atoms with Gasteiger partial charge in [-0.3, -0.25) is 9.89 Å². The zero-order chi connectivity index (χ0) is 18.8. The number of amides is 1. The Hall–Kier alpha value is -2.10. The third kappa shape index (κ3) is 4.94. The van der Waals surface area contributed by atoms with Crippen molar-refractivity contribution in [2.45, 2.75) is 66.7 Å². The summed E-state index contributed by atoms with van der Waals surface area (Å²) in [5.74, 6) is 0.0242. The monoisotopic (exact) mass is 341 g/mol. The van der Waals surface area contributed by atoms with Crippen LogP contribution < -0.4 is 5.32 Å². The molecule has 2 aromatic rings. The van der Waals surface area contributed by atoms with Crippen LogP contribution in [-0.4, -0.2) is 16.1 Å². The second-order valence-corrected chi connectivity index (χ2v) is 8.89. The molecule has 0 fully saturated rings. The Morgan fingerprint density at radius 2 is 1.68 bits per heavy atom. The molecule has 1 aromatic carbocycles. The number of carbonyl (C=O) groups is 1. The molecule has 0 radical (unpaired) electrons. The number of aromatic amines is 1. The van der Waals surface area contributed by atoms with E-state index in [1.165, 1.54) is 5.56 Å². The van der Waals surface area contributed by atoms with Crippen molar-refractivity contribution in [3.63, 3.8) is 0 Å². The highest BCUT2D eigenvalue weighted by atomic mass is 16.1. The van der Waals surface area contributed by atoms with Gasteiger partial charge in [-0.1, -0.05) is 72.7 Å². The van der Waals surface area contributed by atoms with Crippen molar-refractivity contribution in [2.24, 2.45) is 5.41 Å². The molecule has 0 atom stereocenters. The van der Waals surface area contributed by atoms with E-state index >= 15 is 0 Å². The van der Waals surface area contributed by atoms with E-state index < -0.39 is 0 Å². The lowest BCUT2D eigenvalue weighted by Crippen LogP contribution is -2.20. The lowest BCUT2D eigenvalue weighted by atomic mass is 9.86. The second kappa shape index (κ2) is 7.03. The highest BCUT2D eigenvalue weighted by Crippen LogP contribution is 2.32. The van der Waals surface area contributed by atoms with Crippen molar-refractivity contribution in [1.29, 1.82) is 0 Å². The first-order chi connectivity index (χ1) is 11.5. The molecule has 25 heavy (non-hydrogen) atoms. The summed E-state index contributed by atoms with van der Waals surface area (Å²) >= 11 is 0. The Bertz CT molecular complexity index is 728. The molecule has 0 aliphatic carbocycles. The molecule has 2 N–H and O–H groups in total. The Labute approximate surface area is 151 Å². The molecule has 0 saturated carbocycles. The van der Waals surface area contributed by atoms with E-state index in [-0.39, 0.29) is 16.7 Å². The number of hydrogen-bond acceptors (Lipinski definition) is 2. The molecule has 0 aliphatic heterocycles. The molecule has 0 saturated heterocycles. The maximum atomic E-state index is 12.4. The minimum atomic E-state index is -0.0469. The maximum Gasteiger partial charge on any atom is 0.225 e. The van der Waals surface area contributed by atoms with Crippen LogP contribution in [0.25, 0.3) is 11.3 Å². The molecule has 2 rings (SSSR count). The van der Waals surface area contributed by atoms with Gasteiger partial charge in [0.2, 0.25) is 5.91 Å². The molecule has 1 aromatic heterocycles. The van der Waals surface area contributed by atoms with Gasteiger partial charge in [0.15, 0.2) is 0 Å². The van der Waals surface area contributed by atoms with Crippen molar-refractivity contribution in [3.05, 3.63) is 35.5 Å². The molecule has 4 heteroatoms. The number of carbonyl (C=O) groups excluding carboxylic acids is 1. The van der Waals surface area contributed by atoms with Gasteiger partial charge in [-0.2, -0.15) is 5.10 Å². The zero-order valence-corrected chi connectivity index (χ0v) is 16.6. The van der Waals surface area contributed by atoms with E-state index in [1.807, 2.05) is 0 Å². The minimum Gasteiger partial charge on any atom is -0.323 e. The largest absolute Gasteiger partial charge is 0.323 e. The van der Waals surface area contributed by atoms with Crippen molar-refractivity contribution in [2.75, 3.05) is 5.32 Å². The first kappa shape index (κ1) is 19.2. The molecular formula is C21H31N3O. The highest BCUT2D eigenvalue weighted by molar-refractivity contribution is 5.95.